The molecule has 10 heteroatoms. The van der Waals surface area contributed by atoms with Crippen LogP contribution in [0.3, 0.4) is 0 Å². The normalized spacial score (nSPS) is 11.8. The van der Waals surface area contributed by atoms with Gasteiger partial charge < -0.3 is 30.3 Å². The van der Waals surface area contributed by atoms with Gasteiger partial charge in [-0.1, -0.05) is 0 Å². The fourth-order valence-corrected chi connectivity index (χ4v) is 1.89. The molecule has 3 N–H and O–H groups in total. The van der Waals surface area contributed by atoms with Crippen LogP contribution in [0.4, 0.5) is 9.59 Å². The fraction of sp³-hybridized carbons (Fsp3) is 0.842. The van der Waals surface area contributed by atoms with Crippen molar-refractivity contribution in [3.8, 4) is 0 Å². The second kappa shape index (κ2) is 14.5. The van der Waals surface area contributed by atoms with Gasteiger partial charge in [-0.2, -0.15) is 0 Å². The van der Waals surface area contributed by atoms with E-state index in [1.165, 1.54) is 4.90 Å². The van der Waals surface area contributed by atoms with Gasteiger partial charge in [-0.25, -0.2) is 9.59 Å². The van der Waals surface area contributed by atoms with Gasteiger partial charge in [0.05, 0.1) is 0 Å². The second-order valence-corrected chi connectivity index (χ2v) is 8.37. The summed E-state index contributed by atoms with van der Waals surface area (Å²) in [4.78, 5) is 29.5. The summed E-state index contributed by atoms with van der Waals surface area (Å²) in [5, 5.41) is 9.03. The minimum absolute atomic E-state index is 0. The number of aliphatic imine (C=N–C) groups is 1. The molecule has 0 aromatic carbocycles. The van der Waals surface area contributed by atoms with Gasteiger partial charge in [0, 0.05) is 39.8 Å². The predicted molar refractivity (Wildman–Crippen MR) is 127 cm³/mol. The van der Waals surface area contributed by atoms with Crippen molar-refractivity contribution >= 4 is 42.1 Å². The molecule has 0 aliphatic rings. The summed E-state index contributed by atoms with van der Waals surface area (Å²) in [5.41, 5.74) is -1.01. The van der Waals surface area contributed by atoms with E-state index in [1.807, 2.05) is 48.5 Å². The summed E-state index contributed by atoms with van der Waals surface area (Å²) in [5.74, 6) is 0.664. The summed E-state index contributed by atoms with van der Waals surface area (Å²) in [6, 6.07) is 0. The van der Waals surface area contributed by atoms with Crippen LogP contribution in [-0.2, 0) is 9.47 Å². The Morgan fingerprint density at radius 3 is 2.03 bits per heavy atom. The maximum absolute atomic E-state index is 11.9. The smallest absolute Gasteiger partial charge is 0.410 e. The summed E-state index contributed by atoms with van der Waals surface area (Å²) in [6.07, 6.45) is -0.0932. The molecule has 0 rings (SSSR count). The molecule has 172 valence electrons. The van der Waals surface area contributed by atoms with Crippen molar-refractivity contribution in [3.05, 3.63) is 0 Å². The van der Waals surface area contributed by atoms with Gasteiger partial charge >= 0.3 is 12.2 Å². The minimum atomic E-state index is -0.511. The molecule has 29 heavy (non-hydrogen) atoms. The number of alkyl carbamates (subject to hydrolysis) is 1. The van der Waals surface area contributed by atoms with Crippen LogP contribution >= 0.6 is 24.0 Å². The van der Waals surface area contributed by atoms with Crippen LogP contribution in [0, 0.1) is 0 Å². The largest absolute Gasteiger partial charge is 0.444 e. The van der Waals surface area contributed by atoms with E-state index in [2.05, 4.69) is 20.9 Å². The Balaban J connectivity index is 0. The lowest BCUT2D eigenvalue weighted by atomic mass is 10.2. The fourth-order valence-electron chi connectivity index (χ4n) is 1.89. The highest BCUT2D eigenvalue weighted by Crippen LogP contribution is 2.08. The van der Waals surface area contributed by atoms with E-state index in [0.29, 0.717) is 38.6 Å². The Labute approximate surface area is 192 Å². The van der Waals surface area contributed by atoms with Crippen molar-refractivity contribution in [3.63, 3.8) is 0 Å². The van der Waals surface area contributed by atoms with Crippen LogP contribution in [0.1, 0.15) is 54.9 Å². The SMILES string of the molecule is CCNC(=NCCCNC(=O)OC(C)(C)C)NCCN(C)C(=O)OC(C)(C)C.I. The Morgan fingerprint density at radius 1 is 0.931 bits per heavy atom. The Bertz CT molecular complexity index is 516. The summed E-state index contributed by atoms with van der Waals surface area (Å²) in [6.45, 7) is 15.8. The van der Waals surface area contributed by atoms with E-state index in [4.69, 9.17) is 9.47 Å². The summed E-state index contributed by atoms with van der Waals surface area (Å²) >= 11 is 0. The zero-order valence-corrected chi connectivity index (χ0v) is 21.5. The average molecular weight is 529 g/mol. The van der Waals surface area contributed by atoms with Gasteiger partial charge in [0.2, 0.25) is 0 Å². The van der Waals surface area contributed by atoms with Crippen molar-refractivity contribution < 1.29 is 19.1 Å². The molecule has 0 saturated heterocycles. The lowest BCUT2D eigenvalue weighted by Crippen LogP contribution is -2.43. The highest BCUT2D eigenvalue weighted by molar-refractivity contribution is 14.0. The quantitative estimate of drug-likeness (QED) is 0.193. The zero-order chi connectivity index (χ0) is 21.8. The molecule has 0 fully saturated rings. The highest BCUT2D eigenvalue weighted by atomic mass is 127. The lowest BCUT2D eigenvalue weighted by molar-refractivity contribution is 0.0301. The minimum Gasteiger partial charge on any atom is -0.444 e. The number of amides is 2. The van der Waals surface area contributed by atoms with E-state index >= 15 is 0 Å². The molecule has 0 aliphatic heterocycles. The number of rotatable bonds is 8. The zero-order valence-electron chi connectivity index (χ0n) is 19.2. The topological polar surface area (TPSA) is 104 Å². The van der Waals surface area contributed by atoms with Crippen molar-refractivity contribution in [1.29, 1.82) is 0 Å². The van der Waals surface area contributed by atoms with Crippen molar-refractivity contribution in [2.45, 2.75) is 66.1 Å². The number of hydrogen-bond donors (Lipinski definition) is 3. The number of halogens is 1. The molecule has 0 atom stereocenters. The standard InChI is InChI=1S/C19H39N5O4.HI/c1-9-20-15(21-11-10-12-23-16(25)27-18(2,3)4)22-13-14-24(8)17(26)28-19(5,6)7;/h9-14H2,1-8H3,(H,23,25)(H2,20,21,22);1H. The van der Waals surface area contributed by atoms with E-state index < -0.39 is 17.3 Å². The highest BCUT2D eigenvalue weighted by Gasteiger charge is 2.19. The monoisotopic (exact) mass is 529 g/mol. The molecule has 0 aromatic heterocycles. The number of carbonyl (C=O) groups excluding carboxylic acids is 2. The summed E-state index contributed by atoms with van der Waals surface area (Å²) < 4.78 is 10.5. The van der Waals surface area contributed by atoms with E-state index in [0.717, 1.165) is 6.54 Å². The Morgan fingerprint density at radius 2 is 1.52 bits per heavy atom. The lowest BCUT2D eigenvalue weighted by Gasteiger charge is -2.24. The van der Waals surface area contributed by atoms with E-state index in [-0.39, 0.29) is 30.1 Å². The molecule has 0 radical (unpaired) electrons. The molecule has 0 aliphatic carbocycles. The number of hydrogen-bond acceptors (Lipinski definition) is 5. The molecule has 0 unspecified atom stereocenters. The number of likely N-dealkylation sites (N-methyl/N-ethyl adjacent to an activating group) is 1. The molecule has 0 aromatic rings. The van der Waals surface area contributed by atoms with Gasteiger partial charge in [0.15, 0.2) is 5.96 Å². The maximum Gasteiger partial charge on any atom is 0.410 e. The molecule has 9 nitrogen and oxygen atoms in total. The number of guanidine groups is 1. The first-order valence-electron chi connectivity index (χ1n) is 9.77. The van der Waals surface area contributed by atoms with Crippen molar-refractivity contribution in [2.24, 2.45) is 4.99 Å². The number of ether oxygens (including phenoxy) is 2. The van der Waals surface area contributed by atoms with Crippen LogP contribution in [0.25, 0.3) is 0 Å². The van der Waals surface area contributed by atoms with E-state index in [1.54, 1.807) is 7.05 Å². The van der Waals surface area contributed by atoms with Crippen LogP contribution < -0.4 is 16.0 Å². The third-order valence-corrected chi connectivity index (χ3v) is 3.06. The predicted octanol–water partition coefficient (Wildman–Crippen LogP) is 2.94. The van der Waals surface area contributed by atoms with Gasteiger partial charge in [-0.05, 0) is 54.9 Å². The van der Waals surface area contributed by atoms with Gasteiger partial charge in [-0.3, -0.25) is 4.99 Å². The van der Waals surface area contributed by atoms with Crippen LogP contribution in [0.5, 0.6) is 0 Å². The number of nitrogens with one attached hydrogen (secondary N) is 3. The van der Waals surface area contributed by atoms with Crippen molar-refractivity contribution in [1.82, 2.24) is 20.9 Å². The Hall–Kier alpha value is -1.46. The van der Waals surface area contributed by atoms with Crippen molar-refractivity contribution in [2.75, 3.05) is 39.8 Å². The first kappa shape index (κ1) is 29.7. The summed E-state index contributed by atoms with van der Waals surface area (Å²) in [7, 11) is 1.70. The molecule has 0 bridgehead atoms. The number of carbonyl (C=O) groups is 2. The average Bonchev–Trinajstić information content (AvgIpc) is 2.50. The maximum atomic E-state index is 11.9. The van der Waals surface area contributed by atoms with Crippen LogP contribution in [-0.4, -0.2) is 74.0 Å². The molecule has 0 spiro atoms. The third kappa shape index (κ3) is 18.3. The second-order valence-electron chi connectivity index (χ2n) is 8.37. The Kier molecular flexibility index (Phi) is 14.9. The molecule has 0 saturated carbocycles. The van der Waals surface area contributed by atoms with Gasteiger partial charge in [0.25, 0.3) is 0 Å². The van der Waals surface area contributed by atoms with Crippen LogP contribution in [0.15, 0.2) is 4.99 Å². The third-order valence-electron chi connectivity index (χ3n) is 3.06. The van der Waals surface area contributed by atoms with E-state index in [9.17, 15) is 9.59 Å². The van der Waals surface area contributed by atoms with Gasteiger partial charge in [0.1, 0.15) is 11.2 Å². The number of nitrogens with zero attached hydrogens (tertiary/aromatic N) is 2. The first-order valence-corrected chi connectivity index (χ1v) is 9.77. The molecular weight excluding hydrogens is 489 g/mol. The van der Waals surface area contributed by atoms with Gasteiger partial charge in [-0.15, -0.1) is 24.0 Å². The first-order chi connectivity index (χ1) is 12.8. The molecule has 0 heterocycles. The molecular formula is C19H40IN5O4. The molecule has 2 amide bonds. The van der Waals surface area contributed by atoms with Crippen LogP contribution in [0.2, 0.25) is 0 Å².